The molecule has 2 aliphatic rings. The summed E-state index contributed by atoms with van der Waals surface area (Å²) in [5.74, 6) is 0.621. The number of aromatic nitrogens is 1. The average molecular weight is 436 g/mol. The predicted octanol–water partition coefficient (Wildman–Crippen LogP) is 3.83. The smallest absolute Gasteiger partial charge is 0.319 e. The fourth-order valence-corrected chi connectivity index (χ4v) is 4.10. The molecule has 0 spiro atoms. The van der Waals surface area contributed by atoms with Crippen molar-refractivity contribution in [3.8, 4) is 0 Å². The monoisotopic (exact) mass is 435 g/mol. The van der Waals surface area contributed by atoms with Gasteiger partial charge in [-0.1, -0.05) is 18.9 Å². The number of anilines is 3. The first kappa shape index (κ1) is 21.8. The minimum atomic E-state index is -0.334. The Hall–Kier alpha value is -3.42. The number of piperidine rings is 1. The molecule has 0 atom stereocenters. The third-order valence-electron chi connectivity index (χ3n) is 5.86. The number of rotatable bonds is 5. The van der Waals surface area contributed by atoms with E-state index in [1.54, 1.807) is 24.3 Å². The lowest BCUT2D eigenvalue weighted by Gasteiger charge is -2.25. The molecule has 3 heterocycles. The molecule has 0 bridgehead atoms. The summed E-state index contributed by atoms with van der Waals surface area (Å²) in [6.07, 6.45) is 8.14. The van der Waals surface area contributed by atoms with E-state index in [-0.39, 0.29) is 17.8 Å². The molecule has 2 fully saturated rings. The summed E-state index contributed by atoms with van der Waals surface area (Å²) in [4.78, 5) is 44.4. The number of hydrogen-bond donors (Lipinski definition) is 2. The van der Waals surface area contributed by atoms with E-state index in [1.165, 1.54) is 30.6 Å². The molecule has 2 aliphatic heterocycles. The van der Waals surface area contributed by atoms with Gasteiger partial charge in [0.1, 0.15) is 5.82 Å². The van der Waals surface area contributed by atoms with Gasteiger partial charge in [-0.15, -0.1) is 0 Å². The molecule has 1 aromatic carbocycles. The first-order chi connectivity index (χ1) is 15.6. The number of nitrogens with one attached hydrogen (secondary N) is 2. The molecular weight excluding hydrogens is 406 g/mol. The zero-order valence-electron chi connectivity index (χ0n) is 18.2. The van der Waals surface area contributed by atoms with Crippen molar-refractivity contribution in [3.63, 3.8) is 0 Å². The second-order valence-electron chi connectivity index (χ2n) is 8.26. The predicted molar refractivity (Wildman–Crippen MR) is 124 cm³/mol. The fraction of sp³-hybridized carbons (Fsp3) is 0.417. The highest BCUT2D eigenvalue weighted by Gasteiger charge is 2.27. The summed E-state index contributed by atoms with van der Waals surface area (Å²) in [5, 5.41) is 5.59. The van der Waals surface area contributed by atoms with Gasteiger partial charge >= 0.3 is 6.03 Å². The lowest BCUT2D eigenvalue weighted by Crippen LogP contribution is -2.40. The van der Waals surface area contributed by atoms with E-state index in [1.807, 2.05) is 18.3 Å². The van der Waals surface area contributed by atoms with Gasteiger partial charge in [-0.05, 0) is 55.2 Å². The standard InChI is InChI=1S/C24H29N5O3/c30-22-6-5-7-23(31)29(22)20-11-9-19(10-12-20)27-24(32)26-17-18-8-13-21(25-16-18)28-14-3-1-2-4-15-28/h8-13,16H,1-7,14-15,17H2,(H2,26,27,32). The Morgan fingerprint density at radius 3 is 2.19 bits per heavy atom. The Balaban J connectivity index is 1.27. The second-order valence-corrected chi connectivity index (χ2v) is 8.26. The van der Waals surface area contributed by atoms with Crippen LogP contribution in [0.1, 0.15) is 50.5 Å². The van der Waals surface area contributed by atoms with Gasteiger partial charge in [-0.3, -0.25) is 14.5 Å². The van der Waals surface area contributed by atoms with Crippen LogP contribution in [0, 0.1) is 0 Å². The zero-order chi connectivity index (χ0) is 22.3. The van der Waals surface area contributed by atoms with Crippen LogP contribution < -0.4 is 20.4 Å². The molecule has 0 saturated carbocycles. The quantitative estimate of drug-likeness (QED) is 0.696. The number of nitrogens with zero attached hydrogens (tertiary/aromatic N) is 3. The highest BCUT2D eigenvalue weighted by molar-refractivity contribution is 6.16. The molecule has 4 amide bonds. The van der Waals surface area contributed by atoms with Crippen molar-refractivity contribution in [2.45, 2.75) is 51.5 Å². The van der Waals surface area contributed by atoms with Gasteiger partial charge in [0.15, 0.2) is 0 Å². The summed E-state index contributed by atoms with van der Waals surface area (Å²) in [7, 11) is 0. The number of carbonyl (C=O) groups excluding carboxylic acids is 3. The molecule has 0 aliphatic carbocycles. The van der Waals surface area contributed by atoms with Crippen LogP contribution in [0.3, 0.4) is 0 Å². The van der Waals surface area contributed by atoms with Crippen molar-refractivity contribution in [2.24, 2.45) is 0 Å². The van der Waals surface area contributed by atoms with Crippen LogP contribution in [-0.4, -0.2) is 35.9 Å². The largest absolute Gasteiger partial charge is 0.357 e. The van der Waals surface area contributed by atoms with Crippen LogP contribution in [0.5, 0.6) is 0 Å². The molecule has 2 N–H and O–H groups in total. The Morgan fingerprint density at radius 1 is 0.875 bits per heavy atom. The van der Waals surface area contributed by atoms with Gasteiger partial charge in [0, 0.05) is 44.4 Å². The summed E-state index contributed by atoms with van der Waals surface area (Å²) in [5.41, 5.74) is 2.04. The normalized spacial score (nSPS) is 17.1. The van der Waals surface area contributed by atoms with Gasteiger partial charge < -0.3 is 15.5 Å². The second kappa shape index (κ2) is 10.3. The van der Waals surface area contributed by atoms with Crippen LogP contribution >= 0.6 is 0 Å². The molecule has 2 aromatic rings. The van der Waals surface area contributed by atoms with Crippen LogP contribution in [0.2, 0.25) is 0 Å². The van der Waals surface area contributed by atoms with Crippen molar-refractivity contribution in [3.05, 3.63) is 48.2 Å². The van der Waals surface area contributed by atoms with E-state index in [9.17, 15) is 14.4 Å². The van der Waals surface area contributed by atoms with Crippen molar-refractivity contribution in [2.75, 3.05) is 28.2 Å². The Morgan fingerprint density at radius 2 is 1.56 bits per heavy atom. The van der Waals surface area contributed by atoms with Crippen LogP contribution in [-0.2, 0) is 16.1 Å². The molecule has 32 heavy (non-hydrogen) atoms. The number of hydrogen-bond acceptors (Lipinski definition) is 5. The topological polar surface area (TPSA) is 94.6 Å². The van der Waals surface area contributed by atoms with Crippen molar-refractivity contribution < 1.29 is 14.4 Å². The summed E-state index contributed by atoms with van der Waals surface area (Å²) in [6, 6.07) is 10.4. The lowest BCUT2D eigenvalue weighted by atomic mass is 10.1. The van der Waals surface area contributed by atoms with E-state index in [0.29, 0.717) is 37.2 Å². The van der Waals surface area contributed by atoms with E-state index in [2.05, 4.69) is 20.5 Å². The summed E-state index contributed by atoms with van der Waals surface area (Å²) < 4.78 is 0. The number of amides is 4. The molecule has 4 rings (SSSR count). The Bertz CT molecular complexity index is 935. The molecule has 8 heteroatoms. The van der Waals surface area contributed by atoms with Crippen molar-refractivity contribution >= 4 is 35.0 Å². The average Bonchev–Trinajstić information content (AvgIpc) is 3.09. The van der Waals surface area contributed by atoms with E-state index < -0.39 is 0 Å². The van der Waals surface area contributed by atoms with Gasteiger partial charge in [0.25, 0.3) is 0 Å². The number of carbonyl (C=O) groups is 3. The molecular formula is C24H29N5O3. The van der Waals surface area contributed by atoms with Crippen molar-refractivity contribution in [1.29, 1.82) is 0 Å². The Labute approximate surface area is 188 Å². The third-order valence-corrected chi connectivity index (χ3v) is 5.86. The van der Waals surface area contributed by atoms with Crippen LogP contribution in [0.4, 0.5) is 22.0 Å². The van der Waals surface area contributed by atoms with Gasteiger partial charge in [-0.2, -0.15) is 0 Å². The van der Waals surface area contributed by atoms with Crippen molar-refractivity contribution in [1.82, 2.24) is 10.3 Å². The first-order valence-corrected chi connectivity index (χ1v) is 11.3. The molecule has 168 valence electrons. The van der Waals surface area contributed by atoms with Gasteiger partial charge in [0.2, 0.25) is 11.8 Å². The maximum Gasteiger partial charge on any atom is 0.319 e. The number of pyridine rings is 1. The third kappa shape index (κ3) is 5.43. The first-order valence-electron chi connectivity index (χ1n) is 11.3. The summed E-state index contributed by atoms with van der Waals surface area (Å²) >= 11 is 0. The minimum absolute atomic E-state index is 0.185. The number of benzene rings is 1. The molecule has 0 radical (unpaired) electrons. The Kier molecular flexibility index (Phi) is 6.99. The molecule has 2 saturated heterocycles. The maximum atomic E-state index is 12.3. The van der Waals surface area contributed by atoms with E-state index in [0.717, 1.165) is 24.5 Å². The highest BCUT2D eigenvalue weighted by atomic mass is 16.2. The molecule has 8 nitrogen and oxygen atoms in total. The van der Waals surface area contributed by atoms with Crippen LogP contribution in [0.15, 0.2) is 42.6 Å². The zero-order valence-corrected chi connectivity index (χ0v) is 18.2. The highest BCUT2D eigenvalue weighted by Crippen LogP contribution is 2.23. The lowest BCUT2D eigenvalue weighted by molar-refractivity contribution is -0.129. The number of imide groups is 1. The van der Waals surface area contributed by atoms with Gasteiger partial charge in [-0.25, -0.2) is 9.78 Å². The SMILES string of the molecule is O=C(NCc1ccc(N2CCCCCC2)nc1)Nc1ccc(N2C(=O)CCCC2=O)cc1. The maximum absolute atomic E-state index is 12.3. The van der Waals surface area contributed by atoms with Gasteiger partial charge in [0.05, 0.1) is 5.69 Å². The number of urea groups is 1. The van der Waals surface area contributed by atoms with E-state index >= 15 is 0 Å². The summed E-state index contributed by atoms with van der Waals surface area (Å²) in [6.45, 7) is 2.46. The van der Waals surface area contributed by atoms with Crippen LogP contribution in [0.25, 0.3) is 0 Å². The molecule has 1 aromatic heterocycles. The minimum Gasteiger partial charge on any atom is -0.357 e. The fourth-order valence-electron chi connectivity index (χ4n) is 4.10. The molecule has 0 unspecified atom stereocenters. The van der Waals surface area contributed by atoms with E-state index in [4.69, 9.17) is 0 Å².